The van der Waals surface area contributed by atoms with Crippen LogP contribution in [0, 0.1) is 0 Å². The minimum absolute atomic E-state index is 0.164. The third-order valence-electron chi connectivity index (χ3n) is 7.37. The highest BCUT2D eigenvalue weighted by Gasteiger charge is 2.50. The first kappa shape index (κ1) is 31.7. The maximum Gasteiger partial charge on any atom is 0.414 e. The predicted molar refractivity (Wildman–Crippen MR) is 165 cm³/mol. The molecular formula is C35H34N2O7. The van der Waals surface area contributed by atoms with Gasteiger partial charge in [0.2, 0.25) is 0 Å². The van der Waals surface area contributed by atoms with Gasteiger partial charge in [-0.05, 0) is 48.2 Å². The zero-order chi connectivity index (χ0) is 31.4. The lowest BCUT2D eigenvalue weighted by molar-refractivity contribution is -0.159. The van der Waals surface area contributed by atoms with E-state index in [1.165, 1.54) is 5.56 Å². The zero-order valence-electron chi connectivity index (χ0n) is 24.1. The molecule has 9 heteroatoms. The molecule has 0 saturated carbocycles. The van der Waals surface area contributed by atoms with Crippen molar-refractivity contribution in [1.29, 1.82) is 0 Å². The van der Waals surface area contributed by atoms with Crippen LogP contribution in [0.3, 0.4) is 0 Å². The van der Waals surface area contributed by atoms with Crippen LogP contribution in [0.5, 0.6) is 0 Å². The summed E-state index contributed by atoms with van der Waals surface area (Å²) in [6, 6.07) is 38.7. The Morgan fingerprint density at radius 1 is 0.659 bits per heavy atom. The van der Waals surface area contributed by atoms with Gasteiger partial charge in [-0.15, -0.1) is 0 Å². The highest BCUT2D eigenvalue weighted by molar-refractivity contribution is 6.27. The van der Waals surface area contributed by atoms with E-state index in [1.54, 1.807) is 17.0 Å². The van der Waals surface area contributed by atoms with Crippen molar-refractivity contribution in [3.63, 3.8) is 0 Å². The van der Waals surface area contributed by atoms with E-state index in [0.717, 1.165) is 12.1 Å². The van der Waals surface area contributed by atoms with Gasteiger partial charge in [-0.1, -0.05) is 97.1 Å². The monoisotopic (exact) mass is 594 g/mol. The number of para-hydroxylation sites is 1. The average molecular weight is 595 g/mol. The number of carbonyl (C=O) groups excluding carboxylic acids is 2. The fourth-order valence-corrected chi connectivity index (χ4v) is 5.14. The van der Waals surface area contributed by atoms with Crippen LogP contribution in [0.15, 0.2) is 121 Å². The van der Waals surface area contributed by atoms with Crippen LogP contribution in [-0.4, -0.2) is 57.6 Å². The largest absolute Gasteiger partial charge is 0.473 e. The normalized spacial score (nSPS) is 13.9. The summed E-state index contributed by atoms with van der Waals surface area (Å²) in [7, 11) is 0. The molecule has 2 N–H and O–H groups in total. The number of amides is 1. The standard InChI is InChI=1S/C33H32N2O3.C2H2O4/c36-31(29-17-9-3-10-18-29)35(30-19-11-4-12-20-30)33(32(37)38-26-28-15-7-2-8-16-28)21-23-34(24-22-33)25-27-13-5-1-6-14-27;3-1(4)2(5)6/h1-20H,21-26H2;(H,3,4)(H,5,6). The second kappa shape index (κ2) is 15.3. The molecule has 5 rings (SSSR count). The van der Waals surface area contributed by atoms with Crippen molar-refractivity contribution < 1.29 is 34.1 Å². The lowest BCUT2D eigenvalue weighted by Crippen LogP contribution is -2.62. The number of aliphatic carboxylic acids is 2. The van der Waals surface area contributed by atoms with E-state index in [4.69, 9.17) is 24.5 Å². The van der Waals surface area contributed by atoms with Crippen LogP contribution >= 0.6 is 0 Å². The topological polar surface area (TPSA) is 124 Å². The summed E-state index contributed by atoms with van der Waals surface area (Å²) in [5.74, 6) is -4.22. The highest BCUT2D eigenvalue weighted by Crippen LogP contribution is 2.37. The van der Waals surface area contributed by atoms with Gasteiger partial charge in [0.25, 0.3) is 5.91 Å². The van der Waals surface area contributed by atoms with Crippen LogP contribution in [0.1, 0.15) is 34.3 Å². The number of benzene rings is 4. The van der Waals surface area contributed by atoms with Gasteiger partial charge in [-0.25, -0.2) is 14.4 Å². The molecule has 1 aliphatic heterocycles. The van der Waals surface area contributed by atoms with Crippen molar-refractivity contribution >= 4 is 29.5 Å². The Hall–Kier alpha value is -5.28. The molecule has 0 radical (unpaired) electrons. The van der Waals surface area contributed by atoms with Gasteiger partial charge in [0.15, 0.2) is 0 Å². The van der Waals surface area contributed by atoms with E-state index >= 15 is 0 Å². The fourth-order valence-electron chi connectivity index (χ4n) is 5.14. The molecule has 0 bridgehead atoms. The number of rotatable bonds is 8. The van der Waals surface area contributed by atoms with Crippen LogP contribution in [0.2, 0.25) is 0 Å². The van der Waals surface area contributed by atoms with E-state index in [-0.39, 0.29) is 18.5 Å². The summed E-state index contributed by atoms with van der Waals surface area (Å²) in [4.78, 5) is 50.4. The van der Waals surface area contributed by atoms with Gasteiger partial charge < -0.3 is 14.9 Å². The first-order chi connectivity index (χ1) is 21.3. The Balaban J connectivity index is 0.000000670. The summed E-state index contributed by atoms with van der Waals surface area (Å²) < 4.78 is 5.96. The Morgan fingerprint density at radius 3 is 1.61 bits per heavy atom. The smallest absolute Gasteiger partial charge is 0.414 e. The van der Waals surface area contributed by atoms with Crippen LogP contribution in [0.25, 0.3) is 0 Å². The number of anilines is 1. The van der Waals surface area contributed by atoms with Crippen molar-refractivity contribution in [3.05, 3.63) is 138 Å². The molecule has 0 aromatic heterocycles. The van der Waals surface area contributed by atoms with Crippen molar-refractivity contribution in [3.8, 4) is 0 Å². The molecule has 4 aromatic carbocycles. The number of hydrogen-bond donors (Lipinski definition) is 2. The first-order valence-corrected chi connectivity index (χ1v) is 14.2. The molecule has 1 heterocycles. The maximum absolute atomic E-state index is 14.1. The minimum Gasteiger partial charge on any atom is -0.473 e. The van der Waals surface area contributed by atoms with Gasteiger partial charge >= 0.3 is 17.9 Å². The number of carbonyl (C=O) groups is 4. The number of carboxylic acids is 2. The Morgan fingerprint density at radius 2 is 1.11 bits per heavy atom. The van der Waals surface area contributed by atoms with E-state index in [0.29, 0.717) is 37.2 Å². The van der Waals surface area contributed by atoms with Crippen molar-refractivity contribution in [2.24, 2.45) is 0 Å². The van der Waals surface area contributed by atoms with E-state index in [9.17, 15) is 9.59 Å². The van der Waals surface area contributed by atoms with Crippen LogP contribution in [0.4, 0.5) is 5.69 Å². The third kappa shape index (κ3) is 8.17. The molecule has 1 saturated heterocycles. The number of piperidine rings is 1. The molecule has 0 unspecified atom stereocenters. The molecule has 0 aliphatic carbocycles. The van der Waals surface area contributed by atoms with Gasteiger partial charge in [0, 0.05) is 30.9 Å². The van der Waals surface area contributed by atoms with E-state index in [2.05, 4.69) is 17.0 Å². The number of hydrogen-bond acceptors (Lipinski definition) is 6. The van der Waals surface area contributed by atoms with E-state index < -0.39 is 17.5 Å². The Kier molecular flexibility index (Phi) is 11.0. The summed E-state index contributed by atoms with van der Waals surface area (Å²) in [6.45, 7) is 2.30. The number of esters is 1. The molecule has 1 amide bonds. The lowest BCUT2D eigenvalue weighted by Gasteiger charge is -2.46. The van der Waals surface area contributed by atoms with Gasteiger partial charge in [-0.2, -0.15) is 0 Å². The predicted octanol–water partition coefficient (Wildman–Crippen LogP) is 5.27. The van der Waals surface area contributed by atoms with E-state index in [1.807, 2.05) is 97.1 Å². The van der Waals surface area contributed by atoms with Crippen LogP contribution < -0.4 is 4.90 Å². The maximum atomic E-state index is 14.1. The van der Waals surface area contributed by atoms with Gasteiger partial charge in [0.1, 0.15) is 12.1 Å². The SMILES string of the molecule is O=C(O)C(=O)O.O=C(c1ccccc1)N(c1ccccc1)C1(C(=O)OCc2ccccc2)CCN(Cc2ccccc2)CC1. The Labute approximate surface area is 255 Å². The molecule has 0 spiro atoms. The van der Waals surface area contributed by atoms with Crippen molar-refractivity contribution in [2.45, 2.75) is 31.5 Å². The molecular weight excluding hydrogens is 560 g/mol. The molecule has 44 heavy (non-hydrogen) atoms. The van der Waals surface area contributed by atoms with Crippen molar-refractivity contribution in [2.75, 3.05) is 18.0 Å². The molecule has 9 nitrogen and oxygen atoms in total. The second-order valence-corrected chi connectivity index (χ2v) is 10.3. The molecule has 0 atom stereocenters. The lowest BCUT2D eigenvalue weighted by atomic mass is 9.84. The molecule has 1 fully saturated rings. The number of ether oxygens (including phenoxy) is 1. The molecule has 226 valence electrons. The number of likely N-dealkylation sites (tertiary alicyclic amines) is 1. The quantitative estimate of drug-likeness (QED) is 0.209. The number of carboxylic acid groups (broad SMARTS) is 2. The number of nitrogens with zero attached hydrogens (tertiary/aromatic N) is 2. The molecule has 4 aromatic rings. The van der Waals surface area contributed by atoms with Gasteiger partial charge in [-0.3, -0.25) is 14.6 Å². The zero-order valence-corrected chi connectivity index (χ0v) is 24.1. The minimum atomic E-state index is -1.82. The van der Waals surface area contributed by atoms with Gasteiger partial charge in [0.05, 0.1) is 0 Å². The highest BCUT2D eigenvalue weighted by atomic mass is 16.5. The fraction of sp³-hybridized carbons (Fsp3) is 0.200. The van der Waals surface area contributed by atoms with Crippen molar-refractivity contribution in [1.82, 2.24) is 4.90 Å². The Bertz CT molecular complexity index is 1510. The summed E-state index contributed by atoms with van der Waals surface area (Å²) in [5.41, 5.74) is 2.24. The summed E-state index contributed by atoms with van der Waals surface area (Å²) >= 11 is 0. The molecule has 1 aliphatic rings. The van der Waals surface area contributed by atoms with Crippen LogP contribution in [-0.2, 0) is 32.3 Å². The second-order valence-electron chi connectivity index (χ2n) is 10.3. The summed E-state index contributed by atoms with van der Waals surface area (Å²) in [5, 5.41) is 14.8. The third-order valence-corrected chi connectivity index (χ3v) is 7.37. The summed E-state index contributed by atoms with van der Waals surface area (Å²) in [6.07, 6.45) is 0.946. The first-order valence-electron chi connectivity index (χ1n) is 14.2. The average Bonchev–Trinajstić information content (AvgIpc) is 3.06.